The lowest BCUT2D eigenvalue weighted by Gasteiger charge is -2.04. The van der Waals surface area contributed by atoms with Crippen LogP contribution in [0.4, 0.5) is 0 Å². The van der Waals surface area contributed by atoms with Crippen molar-refractivity contribution in [1.82, 2.24) is 10.3 Å². The molecule has 1 aromatic heterocycles. The van der Waals surface area contributed by atoms with Crippen molar-refractivity contribution in [2.75, 3.05) is 7.11 Å². The molecular weight excluding hydrogens is 336 g/mol. The summed E-state index contributed by atoms with van der Waals surface area (Å²) in [5.74, 6) is -0.643. The van der Waals surface area contributed by atoms with Gasteiger partial charge in [0.2, 0.25) is 5.89 Å². The SMILES string of the molecule is COC(=O)c1ccc(CNC(=O)c2coc(-c3ccccc3O)n2)cc1. The number of oxazole rings is 1. The van der Waals surface area contributed by atoms with Crippen LogP contribution in [0, 0.1) is 0 Å². The van der Waals surface area contributed by atoms with Gasteiger partial charge in [0.25, 0.3) is 5.91 Å². The zero-order chi connectivity index (χ0) is 18.5. The van der Waals surface area contributed by atoms with Crippen molar-refractivity contribution >= 4 is 11.9 Å². The number of hydrogen-bond acceptors (Lipinski definition) is 6. The zero-order valence-corrected chi connectivity index (χ0v) is 13.9. The Hall–Kier alpha value is -3.61. The van der Waals surface area contributed by atoms with Gasteiger partial charge in [-0.15, -0.1) is 0 Å². The average molecular weight is 352 g/mol. The molecule has 3 aromatic rings. The molecule has 0 aliphatic carbocycles. The van der Waals surface area contributed by atoms with Crippen molar-refractivity contribution in [3.8, 4) is 17.2 Å². The largest absolute Gasteiger partial charge is 0.507 e. The fourth-order valence-electron chi connectivity index (χ4n) is 2.31. The summed E-state index contributed by atoms with van der Waals surface area (Å²) in [6.45, 7) is 0.263. The highest BCUT2D eigenvalue weighted by Gasteiger charge is 2.15. The van der Waals surface area contributed by atoms with E-state index < -0.39 is 11.9 Å². The number of benzene rings is 2. The van der Waals surface area contributed by atoms with Crippen LogP contribution in [0.25, 0.3) is 11.5 Å². The third-order valence-electron chi connectivity index (χ3n) is 3.70. The molecule has 1 amide bonds. The molecule has 0 saturated carbocycles. The first-order valence-electron chi connectivity index (χ1n) is 7.78. The second-order valence-corrected chi connectivity index (χ2v) is 5.43. The molecule has 0 atom stereocenters. The normalized spacial score (nSPS) is 10.3. The molecule has 2 aromatic carbocycles. The van der Waals surface area contributed by atoms with E-state index in [4.69, 9.17) is 4.42 Å². The van der Waals surface area contributed by atoms with Crippen molar-refractivity contribution in [3.63, 3.8) is 0 Å². The number of nitrogens with one attached hydrogen (secondary N) is 1. The molecule has 0 fully saturated rings. The second kappa shape index (κ2) is 7.52. The van der Waals surface area contributed by atoms with Crippen LogP contribution in [0.3, 0.4) is 0 Å². The number of phenols is 1. The van der Waals surface area contributed by atoms with Crippen molar-refractivity contribution in [2.45, 2.75) is 6.54 Å². The number of phenolic OH excluding ortho intramolecular Hbond substituents is 1. The number of rotatable bonds is 5. The van der Waals surface area contributed by atoms with Gasteiger partial charge >= 0.3 is 5.97 Å². The number of aromatic nitrogens is 1. The third-order valence-corrected chi connectivity index (χ3v) is 3.70. The van der Waals surface area contributed by atoms with Crippen molar-refractivity contribution < 1.29 is 23.8 Å². The number of esters is 1. The highest BCUT2D eigenvalue weighted by atomic mass is 16.5. The van der Waals surface area contributed by atoms with Gasteiger partial charge in [-0.05, 0) is 29.8 Å². The van der Waals surface area contributed by atoms with Crippen LogP contribution in [0.1, 0.15) is 26.4 Å². The summed E-state index contributed by atoms with van der Waals surface area (Å²) in [6.07, 6.45) is 1.23. The Morgan fingerprint density at radius 2 is 1.88 bits per heavy atom. The number of methoxy groups -OCH3 is 1. The van der Waals surface area contributed by atoms with E-state index in [2.05, 4.69) is 15.0 Å². The van der Waals surface area contributed by atoms with Crippen LogP contribution < -0.4 is 5.32 Å². The maximum atomic E-state index is 12.2. The van der Waals surface area contributed by atoms with E-state index >= 15 is 0 Å². The zero-order valence-electron chi connectivity index (χ0n) is 13.9. The fourth-order valence-corrected chi connectivity index (χ4v) is 2.31. The van der Waals surface area contributed by atoms with Crippen LogP contribution in [0.5, 0.6) is 5.75 Å². The Labute approximate surface area is 149 Å². The predicted molar refractivity (Wildman–Crippen MR) is 92.6 cm³/mol. The van der Waals surface area contributed by atoms with Crippen LogP contribution in [0.15, 0.2) is 59.2 Å². The van der Waals surface area contributed by atoms with Gasteiger partial charge in [0.15, 0.2) is 5.69 Å². The monoisotopic (exact) mass is 352 g/mol. The van der Waals surface area contributed by atoms with E-state index in [1.807, 2.05) is 0 Å². The minimum absolute atomic E-state index is 0.0204. The molecule has 0 aliphatic rings. The van der Waals surface area contributed by atoms with Crippen LogP contribution in [-0.4, -0.2) is 29.1 Å². The number of para-hydroxylation sites is 1. The van der Waals surface area contributed by atoms with E-state index in [-0.39, 0.29) is 23.9 Å². The first-order chi connectivity index (χ1) is 12.6. The predicted octanol–water partition coefficient (Wildman–Crippen LogP) is 2.76. The molecule has 0 saturated heterocycles. The summed E-state index contributed by atoms with van der Waals surface area (Å²) in [5, 5.41) is 12.5. The summed E-state index contributed by atoms with van der Waals surface area (Å²) in [7, 11) is 1.32. The number of carbonyl (C=O) groups excluding carboxylic acids is 2. The van der Waals surface area contributed by atoms with Crippen molar-refractivity contribution in [2.24, 2.45) is 0 Å². The van der Waals surface area contributed by atoms with Crippen molar-refractivity contribution in [3.05, 3.63) is 71.6 Å². The summed E-state index contributed by atoms with van der Waals surface area (Å²) in [5.41, 5.74) is 1.76. The number of hydrogen-bond donors (Lipinski definition) is 2. The van der Waals surface area contributed by atoms with Gasteiger partial charge in [0, 0.05) is 6.54 Å². The lowest BCUT2D eigenvalue weighted by molar-refractivity contribution is 0.0600. The Balaban J connectivity index is 1.64. The first-order valence-corrected chi connectivity index (χ1v) is 7.78. The minimum atomic E-state index is -0.417. The molecule has 0 radical (unpaired) electrons. The number of carbonyl (C=O) groups is 2. The topological polar surface area (TPSA) is 102 Å². The first kappa shape index (κ1) is 17.2. The fraction of sp³-hybridized carbons (Fsp3) is 0.105. The smallest absolute Gasteiger partial charge is 0.337 e. The summed E-state index contributed by atoms with van der Waals surface area (Å²) in [4.78, 5) is 27.7. The van der Waals surface area contributed by atoms with E-state index in [9.17, 15) is 14.7 Å². The van der Waals surface area contributed by atoms with Crippen LogP contribution >= 0.6 is 0 Å². The Morgan fingerprint density at radius 1 is 1.15 bits per heavy atom. The van der Waals surface area contributed by atoms with Gasteiger partial charge in [-0.2, -0.15) is 0 Å². The number of ether oxygens (including phenoxy) is 1. The van der Waals surface area contributed by atoms with Gasteiger partial charge in [-0.1, -0.05) is 24.3 Å². The Morgan fingerprint density at radius 3 is 2.58 bits per heavy atom. The molecule has 0 spiro atoms. The van der Waals surface area contributed by atoms with E-state index in [0.717, 1.165) is 5.56 Å². The molecule has 0 bridgehead atoms. The minimum Gasteiger partial charge on any atom is -0.507 e. The quantitative estimate of drug-likeness (QED) is 0.685. The second-order valence-electron chi connectivity index (χ2n) is 5.43. The highest BCUT2D eigenvalue weighted by molar-refractivity contribution is 5.92. The molecule has 7 heteroatoms. The number of aromatic hydroxyl groups is 1. The molecule has 26 heavy (non-hydrogen) atoms. The summed E-state index contributed by atoms with van der Waals surface area (Å²) < 4.78 is 9.91. The maximum Gasteiger partial charge on any atom is 0.337 e. The third kappa shape index (κ3) is 3.72. The van der Waals surface area contributed by atoms with Crippen LogP contribution in [-0.2, 0) is 11.3 Å². The van der Waals surface area contributed by atoms with Gasteiger partial charge in [-0.3, -0.25) is 4.79 Å². The molecule has 7 nitrogen and oxygen atoms in total. The molecular formula is C19H16N2O5. The maximum absolute atomic E-state index is 12.2. The molecule has 3 rings (SSSR count). The van der Waals surface area contributed by atoms with Gasteiger partial charge in [0.05, 0.1) is 18.2 Å². The van der Waals surface area contributed by atoms with Gasteiger partial charge in [0.1, 0.15) is 12.0 Å². The molecule has 0 aliphatic heterocycles. The number of nitrogens with zero attached hydrogens (tertiary/aromatic N) is 1. The lowest BCUT2D eigenvalue weighted by atomic mass is 10.1. The van der Waals surface area contributed by atoms with E-state index in [1.54, 1.807) is 42.5 Å². The van der Waals surface area contributed by atoms with Crippen molar-refractivity contribution in [1.29, 1.82) is 0 Å². The van der Waals surface area contributed by atoms with E-state index in [1.165, 1.54) is 19.4 Å². The average Bonchev–Trinajstić information content (AvgIpc) is 3.16. The standard InChI is InChI=1S/C19H16N2O5/c1-25-19(24)13-8-6-12(7-9-13)10-20-17(23)15-11-26-18(21-15)14-4-2-3-5-16(14)22/h2-9,11,22H,10H2,1H3,(H,20,23). The molecule has 132 valence electrons. The Bertz CT molecular complexity index is 931. The number of amides is 1. The van der Waals surface area contributed by atoms with Gasteiger partial charge in [-0.25, -0.2) is 9.78 Å². The molecule has 0 unspecified atom stereocenters. The lowest BCUT2D eigenvalue weighted by Crippen LogP contribution is -2.23. The van der Waals surface area contributed by atoms with Gasteiger partial charge < -0.3 is 19.6 Å². The van der Waals surface area contributed by atoms with E-state index in [0.29, 0.717) is 11.1 Å². The molecule has 2 N–H and O–H groups in total. The van der Waals surface area contributed by atoms with Crippen LogP contribution in [0.2, 0.25) is 0 Å². The summed E-state index contributed by atoms with van der Waals surface area (Å²) in [6, 6.07) is 13.3. The molecule has 1 heterocycles. The Kier molecular flexibility index (Phi) is 4.98. The highest BCUT2D eigenvalue weighted by Crippen LogP contribution is 2.27. The summed E-state index contributed by atoms with van der Waals surface area (Å²) >= 11 is 0.